The maximum atomic E-state index is 12.5. The molecular weight excluding hydrogens is 336 g/mol. The smallest absolute Gasteiger partial charge is 0.251 e. The van der Waals surface area contributed by atoms with E-state index >= 15 is 0 Å². The average molecular weight is 361 g/mol. The van der Waals surface area contributed by atoms with E-state index in [0.29, 0.717) is 17.1 Å². The number of nitrogens with one attached hydrogen (secondary N) is 1. The van der Waals surface area contributed by atoms with Gasteiger partial charge in [0.05, 0.1) is 6.04 Å². The minimum absolute atomic E-state index is 0.0648. The molecule has 0 radical (unpaired) electrons. The number of benzene rings is 1. The zero-order valence-corrected chi connectivity index (χ0v) is 15.5. The van der Waals surface area contributed by atoms with Crippen LogP contribution in [-0.4, -0.2) is 60.0 Å². The van der Waals surface area contributed by atoms with Crippen LogP contribution >= 0.6 is 11.6 Å². The van der Waals surface area contributed by atoms with Crippen LogP contribution in [0.25, 0.3) is 0 Å². The summed E-state index contributed by atoms with van der Waals surface area (Å²) in [7, 11) is 4.20. The predicted octanol–water partition coefficient (Wildman–Crippen LogP) is 2.40. The lowest BCUT2D eigenvalue weighted by Gasteiger charge is -2.38. The highest BCUT2D eigenvalue weighted by atomic mass is 35.5. The van der Waals surface area contributed by atoms with Crippen molar-refractivity contribution in [1.29, 1.82) is 0 Å². The van der Waals surface area contributed by atoms with Gasteiger partial charge in [0.15, 0.2) is 0 Å². The van der Waals surface area contributed by atoms with Crippen LogP contribution in [0.1, 0.15) is 22.1 Å². The summed E-state index contributed by atoms with van der Waals surface area (Å²) in [4.78, 5) is 17.3. The van der Waals surface area contributed by atoms with E-state index in [-0.39, 0.29) is 11.9 Å². The molecule has 5 nitrogen and oxygen atoms in total. The number of carbonyl (C=O) groups is 1. The van der Waals surface area contributed by atoms with Crippen LogP contribution in [-0.2, 0) is 7.05 Å². The molecule has 0 spiro atoms. The quantitative estimate of drug-likeness (QED) is 0.890. The molecule has 0 saturated carbocycles. The van der Waals surface area contributed by atoms with Gasteiger partial charge in [-0.2, -0.15) is 0 Å². The number of rotatable bonds is 5. The first-order valence-corrected chi connectivity index (χ1v) is 9.00. The molecule has 134 valence electrons. The summed E-state index contributed by atoms with van der Waals surface area (Å²) in [6, 6.07) is 11.4. The summed E-state index contributed by atoms with van der Waals surface area (Å²) in [5.41, 5.74) is 1.86. The monoisotopic (exact) mass is 360 g/mol. The molecule has 1 amide bonds. The number of hydrogen-bond donors (Lipinski definition) is 1. The molecule has 0 bridgehead atoms. The van der Waals surface area contributed by atoms with Crippen molar-refractivity contribution in [3.05, 3.63) is 58.9 Å². The number of aromatic nitrogens is 1. The lowest BCUT2D eigenvalue weighted by Crippen LogP contribution is -2.48. The standard InChI is InChI=1S/C19H25ClN4O/c1-22-10-12-24(13-11-22)18(17-4-3-9-23(17)2)14-21-19(25)15-5-7-16(20)8-6-15/h3-9,18H,10-14H2,1-2H3,(H,21,25). The lowest BCUT2D eigenvalue weighted by molar-refractivity contribution is 0.0877. The number of aryl methyl sites for hydroxylation is 1. The fourth-order valence-electron chi connectivity index (χ4n) is 3.27. The molecule has 1 fully saturated rings. The van der Waals surface area contributed by atoms with Gasteiger partial charge in [0.25, 0.3) is 5.91 Å². The third-order valence-electron chi connectivity index (χ3n) is 4.87. The molecule has 3 rings (SSSR count). The fourth-order valence-corrected chi connectivity index (χ4v) is 3.39. The number of carbonyl (C=O) groups excluding carboxylic acids is 1. The first kappa shape index (κ1) is 18.0. The summed E-state index contributed by atoms with van der Waals surface area (Å²) in [5, 5.41) is 3.73. The maximum Gasteiger partial charge on any atom is 0.251 e. The van der Waals surface area contributed by atoms with Crippen LogP contribution in [0.5, 0.6) is 0 Å². The molecule has 1 aliphatic rings. The molecule has 2 heterocycles. The summed E-state index contributed by atoms with van der Waals surface area (Å²) in [6.45, 7) is 4.69. The zero-order chi connectivity index (χ0) is 17.8. The minimum atomic E-state index is -0.0648. The van der Waals surface area contributed by atoms with E-state index in [4.69, 9.17) is 11.6 Å². The molecule has 6 heteroatoms. The maximum absolute atomic E-state index is 12.5. The Balaban J connectivity index is 1.70. The van der Waals surface area contributed by atoms with Crippen LogP contribution in [0.15, 0.2) is 42.6 Å². The van der Waals surface area contributed by atoms with Gasteiger partial charge < -0.3 is 14.8 Å². The Morgan fingerprint density at radius 3 is 2.40 bits per heavy atom. The first-order chi connectivity index (χ1) is 12.0. The number of likely N-dealkylation sites (N-methyl/N-ethyl adjacent to an activating group) is 1. The van der Waals surface area contributed by atoms with E-state index in [1.54, 1.807) is 24.3 Å². The van der Waals surface area contributed by atoms with Gasteiger partial charge in [-0.25, -0.2) is 0 Å². The largest absolute Gasteiger partial charge is 0.353 e. The van der Waals surface area contributed by atoms with Crippen LogP contribution in [0.3, 0.4) is 0 Å². The minimum Gasteiger partial charge on any atom is -0.353 e. The average Bonchev–Trinajstić information content (AvgIpc) is 3.03. The van der Waals surface area contributed by atoms with Crippen molar-refractivity contribution < 1.29 is 4.79 Å². The van der Waals surface area contributed by atoms with Crippen molar-refractivity contribution in [3.8, 4) is 0 Å². The topological polar surface area (TPSA) is 40.5 Å². The Labute approximate surface area is 154 Å². The van der Waals surface area contributed by atoms with Crippen LogP contribution in [0.2, 0.25) is 5.02 Å². The van der Waals surface area contributed by atoms with E-state index < -0.39 is 0 Å². The number of halogens is 1. The summed E-state index contributed by atoms with van der Waals surface area (Å²) in [6.07, 6.45) is 2.05. The molecule has 1 N–H and O–H groups in total. The molecule has 1 atom stereocenters. The summed E-state index contributed by atoms with van der Waals surface area (Å²) in [5.74, 6) is -0.0648. The molecular formula is C19H25ClN4O. The van der Waals surface area contributed by atoms with Crippen LogP contribution < -0.4 is 5.32 Å². The van der Waals surface area contributed by atoms with Crippen molar-refractivity contribution >= 4 is 17.5 Å². The normalized spacial score (nSPS) is 17.4. The number of amides is 1. The second-order valence-corrected chi connectivity index (χ2v) is 7.05. The van der Waals surface area contributed by atoms with Crippen molar-refractivity contribution in [2.75, 3.05) is 39.8 Å². The van der Waals surface area contributed by atoms with Crippen molar-refractivity contribution in [1.82, 2.24) is 19.7 Å². The SMILES string of the molecule is CN1CCN(C(CNC(=O)c2ccc(Cl)cc2)c2cccn2C)CC1. The summed E-state index contributed by atoms with van der Waals surface area (Å²) >= 11 is 5.90. The first-order valence-electron chi connectivity index (χ1n) is 8.62. The second-order valence-electron chi connectivity index (χ2n) is 6.62. The highest BCUT2D eigenvalue weighted by molar-refractivity contribution is 6.30. The van der Waals surface area contributed by atoms with Gasteiger partial charge in [-0.05, 0) is 43.4 Å². The van der Waals surface area contributed by atoms with E-state index in [9.17, 15) is 4.79 Å². The van der Waals surface area contributed by atoms with Crippen LogP contribution in [0, 0.1) is 0 Å². The molecule has 2 aromatic rings. The molecule has 25 heavy (non-hydrogen) atoms. The number of nitrogens with zero attached hydrogens (tertiary/aromatic N) is 3. The molecule has 0 aliphatic carbocycles. The van der Waals surface area contributed by atoms with E-state index in [1.165, 1.54) is 5.69 Å². The van der Waals surface area contributed by atoms with Gasteiger partial charge in [0, 0.05) is 62.2 Å². The van der Waals surface area contributed by atoms with E-state index in [2.05, 4.69) is 52.1 Å². The van der Waals surface area contributed by atoms with Gasteiger partial charge >= 0.3 is 0 Å². The Morgan fingerprint density at radius 2 is 1.80 bits per heavy atom. The lowest BCUT2D eigenvalue weighted by atomic mass is 10.1. The van der Waals surface area contributed by atoms with Crippen molar-refractivity contribution in [3.63, 3.8) is 0 Å². The zero-order valence-electron chi connectivity index (χ0n) is 14.8. The van der Waals surface area contributed by atoms with Gasteiger partial charge in [-0.3, -0.25) is 9.69 Å². The van der Waals surface area contributed by atoms with E-state index in [1.807, 2.05) is 0 Å². The Bertz CT molecular complexity index is 704. The third kappa shape index (κ3) is 4.42. The Morgan fingerprint density at radius 1 is 1.12 bits per heavy atom. The molecule has 1 aromatic heterocycles. The second kappa shape index (κ2) is 8.04. The van der Waals surface area contributed by atoms with Gasteiger partial charge in [-0.15, -0.1) is 0 Å². The highest BCUT2D eigenvalue weighted by Gasteiger charge is 2.26. The van der Waals surface area contributed by atoms with E-state index in [0.717, 1.165) is 26.2 Å². The highest BCUT2D eigenvalue weighted by Crippen LogP contribution is 2.22. The van der Waals surface area contributed by atoms with Gasteiger partial charge in [0.1, 0.15) is 0 Å². The predicted molar refractivity (Wildman–Crippen MR) is 101 cm³/mol. The Kier molecular flexibility index (Phi) is 5.78. The molecule has 1 aromatic carbocycles. The molecule has 1 saturated heterocycles. The van der Waals surface area contributed by atoms with Gasteiger partial charge in [-0.1, -0.05) is 11.6 Å². The molecule has 1 aliphatic heterocycles. The fraction of sp³-hybridized carbons (Fsp3) is 0.421. The van der Waals surface area contributed by atoms with Crippen LogP contribution in [0.4, 0.5) is 0 Å². The van der Waals surface area contributed by atoms with Crippen molar-refractivity contribution in [2.45, 2.75) is 6.04 Å². The Hall–Kier alpha value is -1.82. The number of piperazine rings is 1. The summed E-state index contributed by atoms with van der Waals surface area (Å²) < 4.78 is 2.14. The number of hydrogen-bond acceptors (Lipinski definition) is 3. The van der Waals surface area contributed by atoms with Crippen molar-refractivity contribution in [2.24, 2.45) is 7.05 Å². The molecule has 1 unspecified atom stereocenters. The van der Waals surface area contributed by atoms with Gasteiger partial charge in [0.2, 0.25) is 0 Å². The third-order valence-corrected chi connectivity index (χ3v) is 5.12.